The number of benzene rings is 2. The van der Waals surface area contributed by atoms with E-state index in [0.29, 0.717) is 18.9 Å². The van der Waals surface area contributed by atoms with Crippen LogP contribution in [0.15, 0.2) is 49.1 Å². The molecule has 0 amide bonds. The molecule has 2 aromatic carbocycles. The molecule has 0 unspecified atom stereocenters. The molecule has 8 nitrogen and oxygen atoms in total. The van der Waals surface area contributed by atoms with Crippen LogP contribution in [0.2, 0.25) is 0 Å². The number of imidazole rings is 1. The van der Waals surface area contributed by atoms with Gasteiger partial charge in [-0.2, -0.15) is 18.3 Å². The molecular weight excluding hydrogens is 477 g/mol. The third-order valence-corrected chi connectivity index (χ3v) is 6.16. The van der Waals surface area contributed by atoms with Crippen LogP contribution in [0, 0.1) is 0 Å². The first-order valence-electron chi connectivity index (χ1n) is 11.2. The summed E-state index contributed by atoms with van der Waals surface area (Å²) in [6.07, 6.45) is -0.938. The zero-order valence-corrected chi connectivity index (χ0v) is 19.6. The molecule has 0 N–H and O–H groups in total. The van der Waals surface area contributed by atoms with Crippen molar-refractivity contribution in [3.63, 3.8) is 0 Å². The second kappa shape index (κ2) is 9.30. The summed E-state index contributed by atoms with van der Waals surface area (Å²) < 4.78 is 57.6. The average Bonchev–Trinajstić information content (AvgIpc) is 3.47. The first-order valence-corrected chi connectivity index (χ1v) is 11.2. The Kier molecular flexibility index (Phi) is 6.17. The van der Waals surface area contributed by atoms with Gasteiger partial charge in [0, 0.05) is 30.3 Å². The molecule has 0 atom stereocenters. The molecule has 1 aliphatic rings. The Morgan fingerprint density at radius 2 is 1.83 bits per heavy atom. The van der Waals surface area contributed by atoms with Crippen molar-refractivity contribution < 1.29 is 32.2 Å². The van der Waals surface area contributed by atoms with Gasteiger partial charge in [-0.1, -0.05) is 6.07 Å². The Balaban J connectivity index is 1.48. The van der Waals surface area contributed by atoms with Crippen LogP contribution in [0.3, 0.4) is 0 Å². The van der Waals surface area contributed by atoms with Gasteiger partial charge in [0.1, 0.15) is 23.4 Å². The minimum atomic E-state index is -4.44. The molecule has 0 radical (unpaired) electrons. The van der Waals surface area contributed by atoms with Crippen molar-refractivity contribution in [3.05, 3.63) is 54.6 Å². The standard InChI is InChI=1S/C25H23F3N4O4/c1-34-22-8-17(9-23(35-2)24(22)21(33)5-6-25(26,27)28)31-14-29-19-7-15(3-4-20(19)31)16-10-30-32(11-16)18-12-36-13-18/h3-4,7-11,14,18H,5-6,12-13H2,1-2H3. The minimum Gasteiger partial charge on any atom is -0.496 e. The summed E-state index contributed by atoms with van der Waals surface area (Å²) in [5, 5.41) is 4.43. The van der Waals surface area contributed by atoms with Gasteiger partial charge < -0.3 is 14.2 Å². The number of carbonyl (C=O) groups excluding carboxylic acids is 1. The molecule has 0 aliphatic carbocycles. The first-order chi connectivity index (χ1) is 17.3. The van der Waals surface area contributed by atoms with Crippen molar-refractivity contribution >= 4 is 16.8 Å². The van der Waals surface area contributed by atoms with Gasteiger partial charge in [-0.05, 0) is 17.7 Å². The molecule has 0 bridgehead atoms. The quantitative estimate of drug-likeness (QED) is 0.317. The summed E-state index contributed by atoms with van der Waals surface area (Å²) >= 11 is 0. The molecule has 188 valence electrons. The Morgan fingerprint density at radius 1 is 1.11 bits per heavy atom. The Morgan fingerprint density at radius 3 is 2.44 bits per heavy atom. The van der Waals surface area contributed by atoms with Crippen LogP contribution >= 0.6 is 0 Å². The van der Waals surface area contributed by atoms with Crippen LogP contribution in [0.5, 0.6) is 11.5 Å². The number of hydrogen-bond donors (Lipinski definition) is 0. The molecule has 36 heavy (non-hydrogen) atoms. The SMILES string of the molecule is COc1cc(-n2cnc3cc(-c4cnn(C5COC5)c4)ccc32)cc(OC)c1C(=O)CCC(F)(F)F. The lowest BCUT2D eigenvalue weighted by molar-refractivity contribution is -0.133. The summed E-state index contributed by atoms with van der Waals surface area (Å²) in [5.74, 6) is -0.452. The maximum absolute atomic E-state index is 12.7. The molecule has 1 fully saturated rings. The van der Waals surface area contributed by atoms with Gasteiger partial charge in [0.05, 0.1) is 62.8 Å². The molecule has 0 saturated carbocycles. The van der Waals surface area contributed by atoms with Crippen LogP contribution in [-0.2, 0) is 4.74 Å². The normalized spacial score (nSPS) is 14.1. The number of methoxy groups -OCH3 is 2. The lowest BCUT2D eigenvalue weighted by Gasteiger charge is -2.25. The van der Waals surface area contributed by atoms with E-state index in [1.54, 1.807) is 29.2 Å². The fraction of sp³-hybridized carbons (Fsp3) is 0.320. The van der Waals surface area contributed by atoms with Crippen LogP contribution in [0.25, 0.3) is 27.8 Å². The molecular formula is C25H23F3N4O4. The van der Waals surface area contributed by atoms with E-state index < -0.39 is 24.8 Å². The topological polar surface area (TPSA) is 80.4 Å². The van der Waals surface area contributed by atoms with E-state index in [1.165, 1.54) is 14.2 Å². The van der Waals surface area contributed by atoms with E-state index in [1.807, 2.05) is 29.1 Å². The van der Waals surface area contributed by atoms with Crippen molar-refractivity contribution in [2.45, 2.75) is 25.1 Å². The van der Waals surface area contributed by atoms with Gasteiger partial charge in [0.2, 0.25) is 0 Å². The first kappa shape index (κ1) is 23.9. The number of Topliss-reactive ketones (excluding diaryl/α,β-unsaturated/α-hetero) is 1. The summed E-state index contributed by atoms with van der Waals surface area (Å²) in [4.78, 5) is 17.1. The van der Waals surface area contributed by atoms with Gasteiger partial charge in [-0.15, -0.1) is 0 Å². The minimum absolute atomic E-state index is 0.0198. The second-order valence-corrected chi connectivity index (χ2v) is 8.48. The number of alkyl halides is 3. The number of halogens is 3. The van der Waals surface area contributed by atoms with Gasteiger partial charge in [0.25, 0.3) is 0 Å². The zero-order chi connectivity index (χ0) is 25.4. The number of fused-ring (bicyclic) bond motifs is 1. The van der Waals surface area contributed by atoms with E-state index in [-0.39, 0.29) is 23.1 Å². The van der Waals surface area contributed by atoms with Gasteiger partial charge in [-0.25, -0.2) is 4.98 Å². The number of rotatable bonds is 8. The van der Waals surface area contributed by atoms with E-state index in [9.17, 15) is 18.0 Å². The highest BCUT2D eigenvalue weighted by molar-refractivity contribution is 6.02. The molecule has 2 aromatic heterocycles. The predicted molar refractivity (Wildman–Crippen MR) is 125 cm³/mol. The van der Waals surface area contributed by atoms with Crippen LogP contribution in [0.1, 0.15) is 29.2 Å². The smallest absolute Gasteiger partial charge is 0.389 e. The number of ketones is 1. The Labute approximate surface area is 204 Å². The number of aromatic nitrogens is 4. The number of ether oxygens (including phenoxy) is 3. The number of carbonyl (C=O) groups is 1. The lowest BCUT2D eigenvalue weighted by Crippen LogP contribution is -2.30. The molecule has 0 spiro atoms. The predicted octanol–water partition coefficient (Wildman–Crippen LogP) is 5.00. The zero-order valence-electron chi connectivity index (χ0n) is 19.6. The third kappa shape index (κ3) is 4.53. The monoisotopic (exact) mass is 500 g/mol. The van der Waals surface area contributed by atoms with E-state index in [2.05, 4.69) is 10.1 Å². The summed E-state index contributed by atoms with van der Waals surface area (Å²) in [5.41, 5.74) is 4.01. The van der Waals surface area contributed by atoms with Crippen LogP contribution in [-0.4, -0.2) is 58.7 Å². The highest BCUT2D eigenvalue weighted by atomic mass is 19.4. The fourth-order valence-electron chi connectivity index (χ4n) is 4.15. The highest BCUT2D eigenvalue weighted by Crippen LogP contribution is 2.36. The molecule has 1 saturated heterocycles. The molecule has 3 heterocycles. The Bertz CT molecular complexity index is 1400. The van der Waals surface area contributed by atoms with E-state index in [0.717, 1.165) is 22.2 Å². The van der Waals surface area contributed by atoms with Crippen molar-refractivity contribution in [3.8, 4) is 28.3 Å². The van der Waals surface area contributed by atoms with Crippen LogP contribution < -0.4 is 9.47 Å². The van der Waals surface area contributed by atoms with E-state index in [4.69, 9.17) is 14.2 Å². The van der Waals surface area contributed by atoms with Gasteiger partial charge in [-0.3, -0.25) is 14.0 Å². The van der Waals surface area contributed by atoms with Crippen molar-refractivity contribution in [2.24, 2.45) is 0 Å². The molecule has 5 rings (SSSR count). The number of hydrogen-bond acceptors (Lipinski definition) is 6. The summed E-state index contributed by atoms with van der Waals surface area (Å²) in [7, 11) is 2.71. The summed E-state index contributed by atoms with van der Waals surface area (Å²) in [6, 6.07) is 9.26. The fourth-order valence-corrected chi connectivity index (χ4v) is 4.15. The highest BCUT2D eigenvalue weighted by Gasteiger charge is 2.30. The van der Waals surface area contributed by atoms with E-state index >= 15 is 0 Å². The molecule has 1 aliphatic heterocycles. The average molecular weight is 500 g/mol. The van der Waals surface area contributed by atoms with Crippen molar-refractivity contribution in [1.29, 1.82) is 0 Å². The van der Waals surface area contributed by atoms with Gasteiger partial charge >= 0.3 is 6.18 Å². The Hall–Kier alpha value is -3.86. The third-order valence-electron chi connectivity index (χ3n) is 6.16. The van der Waals surface area contributed by atoms with Crippen molar-refractivity contribution in [2.75, 3.05) is 27.4 Å². The maximum Gasteiger partial charge on any atom is 0.389 e. The largest absolute Gasteiger partial charge is 0.496 e. The van der Waals surface area contributed by atoms with Gasteiger partial charge in [0.15, 0.2) is 5.78 Å². The molecule has 4 aromatic rings. The summed E-state index contributed by atoms with van der Waals surface area (Å²) in [6.45, 7) is 1.31. The molecule has 11 heteroatoms. The maximum atomic E-state index is 12.7. The van der Waals surface area contributed by atoms with Crippen LogP contribution in [0.4, 0.5) is 13.2 Å². The number of nitrogens with zero attached hydrogens (tertiary/aromatic N) is 4. The van der Waals surface area contributed by atoms with Crippen molar-refractivity contribution in [1.82, 2.24) is 19.3 Å². The second-order valence-electron chi connectivity index (χ2n) is 8.48. The lowest BCUT2D eigenvalue weighted by atomic mass is 10.0.